The number of halogens is 10. The number of benzene rings is 4. The van der Waals surface area contributed by atoms with Gasteiger partial charge in [0.1, 0.15) is 23.7 Å². The Morgan fingerprint density at radius 3 is 1.23 bits per heavy atom. The van der Waals surface area contributed by atoms with Crippen LogP contribution in [0.2, 0.25) is 0 Å². The van der Waals surface area contributed by atoms with Crippen LogP contribution < -0.4 is 21.8 Å². The molecule has 3 unspecified atom stereocenters. The van der Waals surface area contributed by atoms with Crippen LogP contribution in [0.15, 0.2) is 94.8 Å². The molecule has 0 spiro atoms. The smallest absolute Gasteiger partial charge is 0.416 e. The number of alkyl halides is 8. The van der Waals surface area contributed by atoms with Crippen molar-refractivity contribution in [1.82, 2.24) is 29.6 Å². The summed E-state index contributed by atoms with van der Waals surface area (Å²) in [6.07, 6.45) is -8.71. The summed E-state index contributed by atoms with van der Waals surface area (Å²) in [5.41, 5.74) is 2.57. The Bertz CT molecular complexity index is 3920. The van der Waals surface area contributed by atoms with Crippen molar-refractivity contribution in [2.75, 3.05) is 59.2 Å². The molecule has 2 aromatic heterocycles. The van der Waals surface area contributed by atoms with E-state index in [1.165, 1.54) is 6.07 Å². The maximum atomic E-state index is 16.0. The van der Waals surface area contributed by atoms with Gasteiger partial charge in [-0.3, -0.25) is 37.5 Å². The van der Waals surface area contributed by atoms with Gasteiger partial charge in [0.2, 0.25) is 11.8 Å². The van der Waals surface area contributed by atoms with Crippen LogP contribution in [0.25, 0.3) is 22.3 Å². The molecule has 532 valence electrons. The lowest BCUT2D eigenvalue weighted by Gasteiger charge is -2.38. The first-order valence-electron chi connectivity index (χ1n) is 33.0. The number of aryl methyl sites for hydroxylation is 6. The summed E-state index contributed by atoms with van der Waals surface area (Å²) in [5, 5.41) is 15.2. The number of hydrogen-bond donors (Lipinski definition) is 3. The lowest BCUT2D eigenvalue weighted by molar-refractivity contribution is -0.144. The molecule has 2 amide bonds. The number of nitrogens with one attached hydrogen (secondary N) is 2. The summed E-state index contributed by atoms with van der Waals surface area (Å²) in [7, 11) is 0. The molecule has 2 saturated heterocycles. The van der Waals surface area contributed by atoms with Crippen molar-refractivity contribution < 1.29 is 72.9 Å². The molecule has 4 aromatic carbocycles. The van der Waals surface area contributed by atoms with Gasteiger partial charge in [-0.2, -0.15) is 26.3 Å². The Morgan fingerprint density at radius 2 is 0.918 bits per heavy atom. The molecule has 4 heterocycles. The normalized spacial score (nSPS) is 15.2. The second-order valence-electron chi connectivity index (χ2n) is 26.9. The first-order chi connectivity index (χ1) is 46.0. The van der Waals surface area contributed by atoms with E-state index in [9.17, 15) is 69.0 Å². The van der Waals surface area contributed by atoms with Crippen molar-refractivity contribution in [1.29, 1.82) is 0 Å². The van der Waals surface area contributed by atoms with Crippen LogP contribution in [-0.2, 0) is 49.1 Å². The number of esters is 1. The summed E-state index contributed by atoms with van der Waals surface area (Å²) in [6.45, 7) is 20.7. The van der Waals surface area contributed by atoms with Crippen LogP contribution >= 0.6 is 0 Å². The number of hydrogen-bond acceptors (Lipinski definition) is 9. The SMILES string of the molecule is CCOC(=O)CC(NC(=O)C(CC(C)C)n1cc(CCN2CC(CF)C2)c(C(F)(F)F)cc1=O)c1cc(-c2c(C)cccc2C)cc(C)c1F.Cc1cc(-c2c(C)cccc2C)cc(C(CC(=O)O)NC(=O)[C@H](CC(C)C)n2cc(CCN3CC(CF)C3)c(C(F)(F)F)cc2=O)c1F. The largest absolute Gasteiger partial charge is 0.481 e. The third-order valence-corrected chi connectivity index (χ3v) is 18.0. The number of carboxylic acid groups (broad SMARTS) is 1. The van der Waals surface area contributed by atoms with E-state index in [0.29, 0.717) is 49.4 Å². The zero-order valence-electron chi connectivity index (χ0n) is 57.2. The third-order valence-electron chi connectivity index (χ3n) is 18.0. The van der Waals surface area contributed by atoms with Crippen LogP contribution in [0, 0.1) is 76.8 Å². The maximum absolute atomic E-state index is 16.0. The van der Waals surface area contributed by atoms with Crippen LogP contribution in [0.3, 0.4) is 0 Å². The first-order valence-corrected chi connectivity index (χ1v) is 33.0. The number of aromatic nitrogens is 2. The number of likely N-dealkylation sites (tertiary alicyclic amines) is 2. The monoisotopic (exact) mass is 1380 g/mol. The predicted octanol–water partition coefficient (Wildman–Crippen LogP) is 14.4. The molecule has 3 N–H and O–H groups in total. The van der Waals surface area contributed by atoms with Gasteiger partial charge in [-0.1, -0.05) is 64.1 Å². The number of amides is 2. The summed E-state index contributed by atoms with van der Waals surface area (Å²) in [6, 6.07) is 13.7. The lowest BCUT2D eigenvalue weighted by Crippen LogP contribution is -2.48. The number of rotatable bonds is 27. The van der Waals surface area contributed by atoms with E-state index in [2.05, 4.69) is 10.6 Å². The van der Waals surface area contributed by atoms with Crippen molar-refractivity contribution >= 4 is 23.8 Å². The summed E-state index contributed by atoms with van der Waals surface area (Å²) < 4.78 is 149. The van der Waals surface area contributed by atoms with E-state index in [1.54, 1.807) is 66.7 Å². The highest BCUT2D eigenvalue weighted by Crippen LogP contribution is 2.39. The van der Waals surface area contributed by atoms with E-state index in [-0.39, 0.29) is 102 Å². The molecule has 2 aliphatic heterocycles. The van der Waals surface area contributed by atoms with Crippen molar-refractivity contribution in [2.24, 2.45) is 23.7 Å². The van der Waals surface area contributed by atoms with Gasteiger partial charge in [-0.15, -0.1) is 0 Å². The van der Waals surface area contributed by atoms with E-state index in [4.69, 9.17) is 4.74 Å². The standard InChI is InChI=1S/C38H46F5N3O4.C36H42F5N3O4/c1-7-50-34(48)17-31(29-15-28(14-25(6)36(29)40)35-23(4)9-8-10-24(35)5)44-37(49)32(13-22(2)3)46-21-27(11-12-45-19-26(18-39)20-45)30(16-33(46)47)38(41,42)43;1-20(2)11-30(44-19-25(9-10-43-17-24(16-37)18-43)28(14-31(44)45)36(39,40)41)35(48)42-29(15-32(46)47)27-13-26(12-23(5)34(27)38)33-21(3)7-6-8-22(33)4/h8-10,14-16,21-22,26,31-32H,7,11-13,17-20H2,1-6H3,(H,44,49);6-8,12-14,19-20,24,29-30H,9-11,15-18H2,1-5H3,(H,42,48)(H,46,47)/t;29?,30-/m.0/s1. The van der Waals surface area contributed by atoms with Gasteiger partial charge in [0, 0.05) is 86.8 Å². The Balaban J connectivity index is 0.000000276. The highest BCUT2D eigenvalue weighted by Gasteiger charge is 2.39. The van der Waals surface area contributed by atoms with Crippen molar-refractivity contribution in [2.45, 2.75) is 151 Å². The molecule has 0 saturated carbocycles. The fraction of sp³-hybridized carbons (Fsp3) is 0.486. The fourth-order valence-corrected chi connectivity index (χ4v) is 13.2. The predicted molar refractivity (Wildman–Crippen MR) is 355 cm³/mol. The average Bonchev–Trinajstić information content (AvgIpc) is 0.797. The lowest BCUT2D eigenvalue weighted by atomic mass is 9.90. The highest BCUT2D eigenvalue weighted by molar-refractivity contribution is 5.83. The molecule has 98 heavy (non-hydrogen) atoms. The summed E-state index contributed by atoms with van der Waals surface area (Å²) >= 11 is 0. The zero-order chi connectivity index (χ0) is 72.4. The second kappa shape index (κ2) is 33.2. The first kappa shape index (κ1) is 77.2. The second-order valence-corrected chi connectivity index (χ2v) is 26.9. The molecular formula is C74H88F10N6O8. The van der Waals surface area contributed by atoms with Crippen LogP contribution in [0.4, 0.5) is 43.9 Å². The molecule has 24 heteroatoms. The van der Waals surface area contributed by atoms with Gasteiger partial charge in [0.05, 0.1) is 56.0 Å². The van der Waals surface area contributed by atoms with E-state index < -0.39 is 120 Å². The van der Waals surface area contributed by atoms with E-state index >= 15 is 8.78 Å². The molecule has 8 rings (SSSR count). The Morgan fingerprint density at radius 1 is 0.561 bits per heavy atom. The van der Waals surface area contributed by atoms with E-state index in [1.807, 2.05) is 73.9 Å². The molecule has 0 aliphatic carbocycles. The number of ether oxygens (including phenoxy) is 1. The zero-order valence-corrected chi connectivity index (χ0v) is 57.2. The van der Waals surface area contributed by atoms with E-state index in [0.717, 1.165) is 54.9 Å². The molecule has 14 nitrogen and oxygen atoms in total. The minimum atomic E-state index is -4.83. The average molecular weight is 1380 g/mol. The molecular weight excluding hydrogens is 1290 g/mol. The van der Waals surface area contributed by atoms with Gasteiger partial charge >= 0.3 is 24.3 Å². The minimum absolute atomic E-state index is 0.0323. The molecule has 0 radical (unpaired) electrons. The topological polar surface area (TPSA) is 172 Å². The summed E-state index contributed by atoms with van der Waals surface area (Å²) in [5.74, 6) is -5.63. The molecule has 4 atom stereocenters. The fourth-order valence-electron chi connectivity index (χ4n) is 13.2. The highest BCUT2D eigenvalue weighted by atomic mass is 19.4. The van der Waals surface area contributed by atoms with Crippen molar-refractivity contribution in [3.8, 4) is 22.3 Å². The van der Waals surface area contributed by atoms with Crippen LogP contribution in [0.5, 0.6) is 0 Å². The van der Waals surface area contributed by atoms with Gasteiger partial charge < -0.3 is 39.4 Å². The number of nitrogens with zero attached hydrogens (tertiary/aromatic N) is 4. The number of carbonyl (C=O) groups is 4. The maximum Gasteiger partial charge on any atom is 0.416 e. The van der Waals surface area contributed by atoms with Crippen LogP contribution in [-0.4, -0.2) is 107 Å². The minimum Gasteiger partial charge on any atom is -0.481 e. The third kappa shape index (κ3) is 19.4. The number of pyridine rings is 2. The van der Waals surface area contributed by atoms with Crippen molar-refractivity contribution in [3.05, 3.63) is 184 Å². The summed E-state index contributed by atoms with van der Waals surface area (Å²) in [4.78, 5) is 83.2. The van der Waals surface area contributed by atoms with Gasteiger partial charge in [-0.05, 0) is 177 Å². The van der Waals surface area contributed by atoms with Gasteiger partial charge in [0.25, 0.3) is 11.1 Å². The van der Waals surface area contributed by atoms with Gasteiger partial charge in [-0.25, -0.2) is 8.78 Å². The van der Waals surface area contributed by atoms with Crippen LogP contribution in [0.1, 0.15) is 151 Å². The molecule has 0 bridgehead atoms. The Kier molecular flexibility index (Phi) is 26.1. The van der Waals surface area contributed by atoms with Crippen molar-refractivity contribution in [3.63, 3.8) is 0 Å². The molecule has 6 aromatic rings. The number of aliphatic carboxylic acids is 1. The Labute approximate surface area is 564 Å². The molecule has 2 aliphatic rings. The van der Waals surface area contributed by atoms with Gasteiger partial charge in [0.15, 0.2) is 0 Å². The number of carboxylic acids is 1. The quantitative estimate of drug-likeness (QED) is 0.0333. The Hall–Kier alpha value is -8.12. The number of carbonyl (C=O) groups excluding carboxylic acids is 3. The molecule has 2 fully saturated rings.